The summed E-state index contributed by atoms with van der Waals surface area (Å²) < 4.78 is 5.84. The molecule has 25 heavy (non-hydrogen) atoms. The molecule has 8 nitrogen and oxygen atoms in total. The molecule has 1 atom stereocenters. The molecule has 0 aliphatic carbocycles. The number of non-ortho nitro benzene ring substituents is 1. The van der Waals surface area contributed by atoms with Gasteiger partial charge < -0.3 is 9.64 Å². The van der Waals surface area contributed by atoms with Crippen molar-refractivity contribution in [1.82, 2.24) is 0 Å². The van der Waals surface area contributed by atoms with E-state index in [1.54, 1.807) is 0 Å². The normalized spacial score (nSPS) is 17.3. The van der Waals surface area contributed by atoms with E-state index in [9.17, 15) is 20.2 Å². The minimum atomic E-state index is -0.633. The van der Waals surface area contributed by atoms with Crippen LogP contribution in [0, 0.1) is 27.2 Å². The molecule has 8 heteroatoms. The summed E-state index contributed by atoms with van der Waals surface area (Å²) in [4.78, 5) is 22.9. The molecule has 130 valence electrons. The molecule has 0 spiro atoms. The lowest BCUT2D eigenvalue weighted by Crippen LogP contribution is -2.38. The summed E-state index contributed by atoms with van der Waals surface area (Å²) in [5.74, 6) is 0. The number of rotatable bonds is 4. The lowest BCUT2D eigenvalue weighted by molar-refractivity contribution is -0.393. The molecule has 0 N–H and O–H groups in total. The van der Waals surface area contributed by atoms with Crippen LogP contribution in [0.5, 0.6) is 0 Å². The molecule has 0 aromatic heterocycles. The molecule has 2 aromatic rings. The third-order valence-electron chi connectivity index (χ3n) is 4.31. The number of nitro benzene ring substituents is 2. The number of morpholine rings is 1. The Morgan fingerprint density at radius 3 is 2.56 bits per heavy atom. The van der Waals surface area contributed by atoms with Crippen LogP contribution in [-0.2, 0) is 4.74 Å². The summed E-state index contributed by atoms with van der Waals surface area (Å²) in [6.45, 7) is 3.35. The predicted molar refractivity (Wildman–Crippen MR) is 91.8 cm³/mol. The molecule has 0 radical (unpaired) electrons. The zero-order valence-electron chi connectivity index (χ0n) is 13.6. The van der Waals surface area contributed by atoms with Crippen molar-refractivity contribution in [2.75, 3.05) is 24.6 Å². The first kappa shape index (κ1) is 16.8. The van der Waals surface area contributed by atoms with Crippen molar-refractivity contribution in [3.8, 4) is 0 Å². The zero-order valence-corrected chi connectivity index (χ0v) is 13.6. The Bertz CT molecular complexity index is 824. The Hall–Kier alpha value is -3.00. The van der Waals surface area contributed by atoms with Crippen LogP contribution >= 0.6 is 0 Å². The summed E-state index contributed by atoms with van der Waals surface area (Å²) in [5, 5.41) is 22.3. The van der Waals surface area contributed by atoms with E-state index in [1.165, 1.54) is 12.1 Å². The lowest BCUT2D eigenvalue weighted by atomic mass is 10.0. The summed E-state index contributed by atoms with van der Waals surface area (Å²) in [6.07, 6.45) is -0.204. The van der Waals surface area contributed by atoms with Gasteiger partial charge in [0.05, 0.1) is 22.5 Å². The van der Waals surface area contributed by atoms with Gasteiger partial charge in [-0.2, -0.15) is 0 Å². The second kappa shape index (κ2) is 6.86. The molecule has 1 unspecified atom stereocenters. The van der Waals surface area contributed by atoms with Gasteiger partial charge in [0.1, 0.15) is 11.8 Å². The summed E-state index contributed by atoms with van der Waals surface area (Å²) in [6, 6.07) is 11.6. The molecular weight excluding hydrogens is 326 g/mol. The number of hydrogen-bond acceptors (Lipinski definition) is 6. The van der Waals surface area contributed by atoms with Gasteiger partial charge in [0.15, 0.2) is 0 Å². The van der Waals surface area contributed by atoms with Crippen LogP contribution < -0.4 is 4.90 Å². The standard InChI is InChI=1S/C17H17N3O5/c1-12-4-2-3-5-14(12)17-11-18(8-9-25-17)15-7-6-13(19(21)22)10-16(15)20(23)24/h2-7,10,17H,8-9,11H2,1H3. The van der Waals surface area contributed by atoms with Crippen molar-refractivity contribution in [3.05, 3.63) is 73.8 Å². The van der Waals surface area contributed by atoms with Gasteiger partial charge in [0.2, 0.25) is 0 Å². The fraction of sp³-hybridized carbons (Fsp3) is 0.294. The van der Waals surface area contributed by atoms with Crippen LogP contribution in [0.15, 0.2) is 42.5 Å². The number of hydrogen-bond donors (Lipinski definition) is 0. The second-order valence-corrected chi connectivity index (χ2v) is 5.85. The molecule has 0 bridgehead atoms. The topological polar surface area (TPSA) is 98.8 Å². The van der Waals surface area contributed by atoms with Crippen molar-refractivity contribution in [3.63, 3.8) is 0 Å². The number of nitrogens with zero attached hydrogens (tertiary/aromatic N) is 3. The first-order valence-electron chi connectivity index (χ1n) is 7.82. The minimum absolute atomic E-state index is 0.204. The quantitative estimate of drug-likeness (QED) is 0.623. The smallest absolute Gasteiger partial charge is 0.299 e. The molecule has 1 heterocycles. The summed E-state index contributed by atoms with van der Waals surface area (Å²) in [7, 11) is 0. The van der Waals surface area contributed by atoms with E-state index in [0.29, 0.717) is 25.4 Å². The molecule has 1 aliphatic heterocycles. The Morgan fingerprint density at radius 1 is 1.12 bits per heavy atom. The minimum Gasteiger partial charge on any atom is -0.370 e. The Balaban J connectivity index is 1.92. The van der Waals surface area contributed by atoms with Crippen LogP contribution in [0.2, 0.25) is 0 Å². The third-order valence-corrected chi connectivity index (χ3v) is 4.31. The SMILES string of the molecule is Cc1ccccc1C1CN(c2ccc([N+](=O)[O-])cc2[N+](=O)[O-])CCO1. The van der Waals surface area contributed by atoms with E-state index >= 15 is 0 Å². The van der Waals surface area contributed by atoms with Crippen LogP contribution in [0.1, 0.15) is 17.2 Å². The van der Waals surface area contributed by atoms with Crippen molar-refractivity contribution < 1.29 is 14.6 Å². The van der Waals surface area contributed by atoms with Crippen molar-refractivity contribution in [2.45, 2.75) is 13.0 Å². The maximum absolute atomic E-state index is 11.4. The monoisotopic (exact) mass is 343 g/mol. The van der Waals surface area contributed by atoms with Gasteiger partial charge in [-0.3, -0.25) is 20.2 Å². The maximum Gasteiger partial charge on any atom is 0.299 e. The van der Waals surface area contributed by atoms with Gasteiger partial charge in [0, 0.05) is 19.2 Å². The van der Waals surface area contributed by atoms with Crippen molar-refractivity contribution >= 4 is 17.1 Å². The van der Waals surface area contributed by atoms with E-state index in [4.69, 9.17) is 4.74 Å². The number of aryl methyl sites for hydroxylation is 1. The van der Waals surface area contributed by atoms with Gasteiger partial charge in [-0.05, 0) is 24.1 Å². The van der Waals surface area contributed by atoms with Crippen LogP contribution in [0.25, 0.3) is 0 Å². The van der Waals surface area contributed by atoms with E-state index in [-0.39, 0.29) is 17.5 Å². The van der Waals surface area contributed by atoms with Gasteiger partial charge in [0.25, 0.3) is 11.4 Å². The van der Waals surface area contributed by atoms with Crippen LogP contribution in [0.4, 0.5) is 17.1 Å². The number of benzene rings is 2. The number of ether oxygens (including phenoxy) is 1. The number of nitro groups is 2. The number of anilines is 1. The van der Waals surface area contributed by atoms with Crippen LogP contribution in [-0.4, -0.2) is 29.5 Å². The summed E-state index contributed by atoms with van der Waals surface area (Å²) >= 11 is 0. The van der Waals surface area contributed by atoms with Crippen molar-refractivity contribution in [1.29, 1.82) is 0 Å². The molecule has 1 saturated heterocycles. The molecule has 0 saturated carbocycles. The Morgan fingerprint density at radius 2 is 1.88 bits per heavy atom. The first-order valence-corrected chi connectivity index (χ1v) is 7.82. The van der Waals surface area contributed by atoms with E-state index in [1.807, 2.05) is 36.1 Å². The molecule has 1 fully saturated rings. The fourth-order valence-corrected chi connectivity index (χ4v) is 3.04. The lowest BCUT2D eigenvalue weighted by Gasteiger charge is -2.34. The Labute approximate surface area is 143 Å². The van der Waals surface area contributed by atoms with E-state index < -0.39 is 9.85 Å². The zero-order chi connectivity index (χ0) is 18.0. The largest absolute Gasteiger partial charge is 0.370 e. The Kier molecular flexibility index (Phi) is 4.62. The van der Waals surface area contributed by atoms with Crippen LogP contribution in [0.3, 0.4) is 0 Å². The first-order chi connectivity index (χ1) is 12.0. The van der Waals surface area contributed by atoms with Crippen molar-refractivity contribution in [2.24, 2.45) is 0 Å². The average molecular weight is 343 g/mol. The highest BCUT2D eigenvalue weighted by Gasteiger charge is 2.29. The van der Waals surface area contributed by atoms with Gasteiger partial charge in [-0.15, -0.1) is 0 Å². The molecule has 1 aliphatic rings. The molecule has 0 amide bonds. The highest BCUT2D eigenvalue weighted by molar-refractivity contribution is 5.67. The van der Waals surface area contributed by atoms with Gasteiger partial charge in [-0.25, -0.2) is 0 Å². The van der Waals surface area contributed by atoms with Gasteiger partial charge in [-0.1, -0.05) is 24.3 Å². The van der Waals surface area contributed by atoms with E-state index in [0.717, 1.165) is 17.2 Å². The second-order valence-electron chi connectivity index (χ2n) is 5.85. The third kappa shape index (κ3) is 3.43. The molecule has 3 rings (SSSR count). The average Bonchev–Trinajstić information content (AvgIpc) is 2.61. The summed E-state index contributed by atoms with van der Waals surface area (Å²) in [5.41, 5.74) is 1.94. The molecule has 2 aromatic carbocycles. The van der Waals surface area contributed by atoms with E-state index in [2.05, 4.69) is 0 Å². The van der Waals surface area contributed by atoms with Gasteiger partial charge >= 0.3 is 0 Å². The predicted octanol–water partition coefficient (Wildman–Crippen LogP) is 3.39. The fourth-order valence-electron chi connectivity index (χ4n) is 3.04. The highest BCUT2D eigenvalue weighted by atomic mass is 16.6. The highest BCUT2D eigenvalue weighted by Crippen LogP contribution is 2.35. The maximum atomic E-state index is 11.4. The molecular formula is C17H17N3O5.